The van der Waals surface area contributed by atoms with E-state index >= 15 is 0 Å². The molecule has 0 aliphatic rings. The lowest BCUT2D eigenvalue weighted by atomic mass is 10.1. The standard InChI is InChI=1S/C11H17NO.C2H6/c1-9(2)7-8-13-11-5-3-10(12)4-6-11;1-2/h3-6,9H,7-8,12H2,1-2H3;1-2H3. The predicted octanol–water partition coefficient (Wildman–Crippen LogP) is 3.72. The van der Waals surface area contributed by atoms with Gasteiger partial charge < -0.3 is 10.5 Å². The van der Waals surface area contributed by atoms with Crippen molar-refractivity contribution < 1.29 is 4.74 Å². The molecule has 1 rings (SSSR count). The Balaban J connectivity index is 0.000000921. The van der Waals surface area contributed by atoms with Gasteiger partial charge in [-0.15, -0.1) is 0 Å². The molecule has 1 aromatic rings. The first-order chi connectivity index (χ1) is 7.18. The van der Waals surface area contributed by atoms with Crippen LogP contribution in [0.15, 0.2) is 24.3 Å². The van der Waals surface area contributed by atoms with Crippen molar-refractivity contribution in [2.45, 2.75) is 34.1 Å². The third-order valence-electron chi connectivity index (χ3n) is 1.84. The molecule has 86 valence electrons. The van der Waals surface area contributed by atoms with Crippen molar-refractivity contribution in [3.8, 4) is 5.75 Å². The molecule has 2 N–H and O–H groups in total. The van der Waals surface area contributed by atoms with Gasteiger partial charge in [-0.05, 0) is 36.6 Å². The fourth-order valence-electron chi connectivity index (χ4n) is 0.977. The van der Waals surface area contributed by atoms with Crippen LogP contribution in [0.2, 0.25) is 0 Å². The van der Waals surface area contributed by atoms with E-state index in [1.165, 1.54) is 0 Å². The summed E-state index contributed by atoms with van der Waals surface area (Å²) in [6, 6.07) is 7.50. The lowest BCUT2D eigenvalue weighted by Crippen LogP contribution is -2.01. The van der Waals surface area contributed by atoms with Crippen molar-refractivity contribution in [3.63, 3.8) is 0 Å². The van der Waals surface area contributed by atoms with Gasteiger partial charge in [0, 0.05) is 5.69 Å². The van der Waals surface area contributed by atoms with Crippen LogP contribution in [0.1, 0.15) is 34.1 Å². The van der Waals surface area contributed by atoms with Gasteiger partial charge in [-0.3, -0.25) is 0 Å². The largest absolute Gasteiger partial charge is 0.494 e. The van der Waals surface area contributed by atoms with Crippen molar-refractivity contribution in [1.29, 1.82) is 0 Å². The van der Waals surface area contributed by atoms with Crippen molar-refractivity contribution in [3.05, 3.63) is 24.3 Å². The Morgan fingerprint density at radius 3 is 2.13 bits per heavy atom. The van der Waals surface area contributed by atoms with Crippen LogP contribution in [0.4, 0.5) is 5.69 Å². The lowest BCUT2D eigenvalue weighted by molar-refractivity contribution is 0.289. The molecular formula is C13H23NO. The Bertz CT molecular complexity index is 241. The highest BCUT2D eigenvalue weighted by Crippen LogP contribution is 2.13. The molecule has 0 amide bonds. The molecule has 0 aromatic heterocycles. The van der Waals surface area contributed by atoms with Gasteiger partial charge in [0.15, 0.2) is 0 Å². The van der Waals surface area contributed by atoms with Gasteiger partial charge >= 0.3 is 0 Å². The highest BCUT2D eigenvalue weighted by Gasteiger charge is 1.95. The van der Waals surface area contributed by atoms with Crippen LogP contribution in [-0.4, -0.2) is 6.61 Å². The minimum atomic E-state index is 0.689. The zero-order valence-corrected chi connectivity index (χ0v) is 10.3. The van der Waals surface area contributed by atoms with Gasteiger partial charge in [0.2, 0.25) is 0 Å². The molecule has 0 unspecified atom stereocenters. The smallest absolute Gasteiger partial charge is 0.119 e. The minimum Gasteiger partial charge on any atom is -0.494 e. The van der Waals surface area contributed by atoms with Crippen LogP contribution >= 0.6 is 0 Å². The molecule has 2 nitrogen and oxygen atoms in total. The van der Waals surface area contributed by atoms with Crippen LogP contribution in [0.25, 0.3) is 0 Å². The summed E-state index contributed by atoms with van der Waals surface area (Å²) in [6.45, 7) is 9.15. The van der Waals surface area contributed by atoms with E-state index in [-0.39, 0.29) is 0 Å². The molecule has 1 aromatic carbocycles. The highest BCUT2D eigenvalue weighted by atomic mass is 16.5. The Morgan fingerprint density at radius 1 is 1.13 bits per heavy atom. The number of anilines is 1. The molecule has 0 aliphatic carbocycles. The fraction of sp³-hybridized carbons (Fsp3) is 0.538. The molecule has 0 aliphatic heterocycles. The summed E-state index contributed by atoms with van der Waals surface area (Å²) >= 11 is 0. The number of ether oxygens (including phenoxy) is 1. The van der Waals surface area contributed by atoms with Crippen LogP contribution < -0.4 is 10.5 Å². The second kappa shape index (κ2) is 8.16. The van der Waals surface area contributed by atoms with E-state index in [2.05, 4.69) is 13.8 Å². The topological polar surface area (TPSA) is 35.2 Å². The normalized spacial score (nSPS) is 9.40. The molecule has 0 bridgehead atoms. The van der Waals surface area contributed by atoms with Gasteiger partial charge in [-0.25, -0.2) is 0 Å². The summed E-state index contributed by atoms with van der Waals surface area (Å²) in [7, 11) is 0. The summed E-state index contributed by atoms with van der Waals surface area (Å²) < 4.78 is 5.52. The van der Waals surface area contributed by atoms with Crippen LogP contribution in [-0.2, 0) is 0 Å². The first kappa shape index (κ1) is 13.8. The van der Waals surface area contributed by atoms with E-state index in [1.54, 1.807) is 0 Å². The maximum Gasteiger partial charge on any atom is 0.119 e. The molecule has 0 radical (unpaired) electrons. The third-order valence-corrected chi connectivity index (χ3v) is 1.84. The summed E-state index contributed by atoms with van der Waals surface area (Å²) in [5.41, 5.74) is 6.32. The molecular weight excluding hydrogens is 186 g/mol. The minimum absolute atomic E-state index is 0.689. The Hall–Kier alpha value is -1.18. The monoisotopic (exact) mass is 209 g/mol. The first-order valence-corrected chi connectivity index (χ1v) is 5.67. The van der Waals surface area contributed by atoms with E-state index in [0.29, 0.717) is 5.92 Å². The van der Waals surface area contributed by atoms with E-state index in [4.69, 9.17) is 10.5 Å². The van der Waals surface area contributed by atoms with Gasteiger partial charge in [-0.2, -0.15) is 0 Å². The first-order valence-electron chi connectivity index (χ1n) is 5.67. The van der Waals surface area contributed by atoms with E-state index in [9.17, 15) is 0 Å². The quantitative estimate of drug-likeness (QED) is 0.767. The highest BCUT2D eigenvalue weighted by molar-refractivity contribution is 5.41. The van der Waals surface area contributed by atoms with Crippen molar-refractivity contribution >= 4 is 5.69 Å². The summed E-state index contributed by atoms with van der Waals surface area (Å²) in [5, 5.41) is 0. The number of rotatable bonds is 4. The average Bonchev–Trinajstić information content (AvgIpc) is 2.23. The third kappa shape index (κ3) is 6.83. The lowest BCUT2D eigenvalue weighted by Gasteiger charge is -2.07. The van der Waals surface area contributed by atoms with Crippen molar-refractivity contribution in [2.75, 3.05) is 12.3 Å². The van der Waals surface area contributed by atoms with E-state index < -0.39 is 0 Å². The molecule has 0 heterocycles. The molecule has 0 saturated heterocycles. The fourth-order valence-corrected chi connectivity index (χ4v) is 0.977. The molecule has 0 spiro atoms. The van der Waals surface area contributed by atoms with Gasteiger partial charge in [0.1, 0.15) is 5.75 Å². The number of benzene rings is 1. The van der Waals surface area contributed by atoms with Crippen LogP contribution in [0, 0.1) is 5.92 Å². The van der Waals surface area contributed by atoms with Crippen molar-refractivity contribution in [1.82, 2.24) is 0 Å². The summed E-state index contributed by atoms with van der Waals surface area (Å²) in [4.78, 5) is 0. The Labute approximate surface area is 93.4 Å². The number of hydrogen-bond acceptors (Lipinski definition) is 2. The molecule has 0 fully saturated rings. The SMILES string of the molecule is CC.CC(C)CCOc1ccc(N)cc1. The van der Waals surface area contributed by atoms with Crippen molar-refractivity contribution in [2.24, 2.45) is 5.92 Å². The van der Waals surface area contributed by atoms with Crippen LogP contribution in [0.5, 0.6) is 5.75 Å². The number of nitrogen functional groups attached to an aromatic ring is 1. The van der Waals surface area contributed by atoms with Crippen LogP contribution in [0.3, 0.4) is 0 Å². The molecule has 15 heavy (non-hydrogen) atoms. The maximum atomic E-state index is 5.55. The Morgan fingerprint density at radius 2 is 1.67 bits per heavy atom. The second-order valence-corrected chi connectivity index (χ2v) is 3.60. The maximum absolute atomic E-state index is 5.55. The zero-order chi connectivity index (χ0) is 11.7. The summed E-state index contributed by atoms with van der Waals surface area (Å²) in [5.74, 6) is 1.59. The molecule has 0 atom stereocenters. The molecule has 2 heteroatoms. The number of nitrogens with two attached hydrogens (primary N) is 1. The van der Waals surface area contributed by atoms with Gasteiger partial charge in [-0.1, -0.05) is 27.7 Å². The van der Waals surface area contributed by atoms with Gasteiger partial charge in [0.25, 0.3) is 0 Å². The second-order valence-electron chi connectivity index (χ2n) is 3.60. The van der Waals surface area contributed by atoms with E-state index in [0.717, 1.165) is 24.5 Å². The van der Waals surface area contributed by atoms with Gasteiger partial charge in [0.05, 0.1) is 6.61 Å². The zero-order valence-electron chi connectivity index (χ0n) is 10.3. The Kier molecular flexibility index (Phi) is 7.51. The average molecular weight is 209 g/mol. The molecule has 0 saturated carbocycles. The number of hydrogen-bond donors (Lipinski definition) is 1. The summed E-state index contributed by atoms with van der Waals surface area (Å²) in [6.07, 6.45) is 1.09. The predicted molar refractivity (Wildman–Crippen MR) is 67.2 cm³/mol. The van der Waals surface area contributed by atoms with E-state index in [1.807, 2.05) is 38.1 Å².